The van der Waals surface area contributed by atoms with Crippen LogP contribution in [0.4, 0.5) is 5.69 Å². The molecule has 3 atom stereocenters. The average Bonchev–Trinajstić information content (AvgIpc) is 2.73. The molecule has 1 aliphatic heterocycles. The molecule has 1 aromatic rings. The fourth-order valence-electron chi connectivity index (χ4n) is 3.23. The maximum absolute atomic E-state index is 12.6. The molecule has 32 heavy (non-hydrogen) atoms. The van der Waals surface area contributed by atoms with Crippen LogP contribution in [0.25, 0.3) is 0 Å². The monoisotopic (exact) mass is 487 g/mol. The third kappa shape index (κ3) is 7.35. The van der Waals surface area contributed by atoms with Gasteiger partial charge in [-0.2, -0.15) is 11.8 Å². The standard InChI is InChI=1S/C20H26ClN3O7S/c1-12-9-23(10-13(2)31-12)18(25)11-30-20(27)17(6-7-32-3)22-19(26)15-5-4-14(24(28)29)8-16(15)21/h4-5,8,12-13,17H,6-7,9-11H2,1-3H3,(H,22,26)/t12-,13+,17-/m0/s1. The molecule has 0 unspecified atom stereocenters. The number of carbonyl (C=O) groups excluding carboxylic acids is 3. The summed E-state index contributed by atoms with van der Waals surface area (Å²) in [4.78, 5) is 49.4. The molecule has 1 N–H and O–H groups in total. The number of non-ortho nitro benzene ring substituents is 1. The molecule has 0 radical (unpaired) electrons. The van der Waals surface area contributed by atoms with Crippen LogP contribution in [0.2, 0.25) is 5.02 Å². The van der Waals surface area contributed by atoms with Crippen molar-refractivity contribution in [2.45, 2.75) is 38.5 Å². The average molecular weight is 488 g/mol. The predicted molar refractivity (Wildman–Crippen MR) is 120 cm³/mol. The Bertz CT molecular complexity index is 860. The topological polar surface area (TPSA) is 128 Å². The molecule has 1 heterocycles. The maximum atomic E-state index is 12.6. The molecule has 0 aromatic heterocycles. The highest BCUT2D eigenvalue weighted by atomic mass is 35.5. The van der Waals surface area contributed by atoms with Gasteiger partial charge in [-0.15, -0.1) is 0 Å². The number of hydrogen-bond acceptors (Lipinski definition) is 8. The van der Waals surface area contributed by atoms with Gasteiger partial charge in [0.15, 0.2) is 6.61 Å². The Hall–Kier alpha value is -2.37. The van der Waals surface area contributed by atoms with Crippen molar-refractivity contribution in [2.24, 2.45) is 0 Å². The number of amides is 2. The second-order valence-corrected chi connectivity index (χ2v) is 8.79. The molecule has 1 aromatic carbocycles. The third-order valence-corrected chi connectivity index (χ3v) is 5.68. The van der Waals surface area contributed by atoms with Crippen molar-refractivity contribution in [3.8, 4) is 0 Å². The lowest BCUT2D eigenvalue weighted by Crippen LogP contribution is -2.50. The summed E-state index contributed by atoms with van der Waals surface area (Å²) < 4.78 is 10.8. The van der Waals surface area contributed by atoms with Crippen molar-refractivity contribution >= 4 is 46.8 Å². The molecule has 0 aliphatic carbocycles. The van der Waals surface area contributed by atoms with Gasteiger partial charge in [-0.3, -0.25) is 19.7 Å². The van der Waals surface area contributed by atoms with E-state index in [1.165, 1.54) is 17.8 Å². The number of thioether (sulfide) groups is 1. The van der Waals surface area contributed by atoms with Crippen LogP contribution in [-0.2, 0) is 19.1 Å². The quantitative estimate of drug-likeness (QED) is 0.319. The molecular weight excluding hydrogens is 462 g/mol. The summed E-state index contributed by atoms with van der Waals surface area (Å²) in [6.07, 6.45) is 1.90. The maximum Gasteiger partial charge on any atom is 0.329 e. The molecule has 1 aliphatic rings. The summed E-state index contributed by atoms with van der Waals surface area (Å²) in [6, 6.07) is 2.43. The number of nitrogens with zero attached hydrogens (tertiary/aromatic N) is 2. The SMILES string of the molecule is CSCC[C@H](NC(=O)c1ccc([N+](=O)[O-])cc1Cl)C(=O)OCC(=O)N1C[C@@H](C)O[C@@H](C)C1. The second kappa shape index (κ2) is 12.0. The van der Waals surface area contributed by atoms with Crippen molar-refractivity contribution in [2.75, 3.05) is 31.7 Å². The summed E-state index contributed by atoms with van der Waals surface area (Å²) in [7, 11) is 0. The van der Waals surface area contributed by atoms with Gasteiger partial charge in [0.2, 0.25) is 0 Å². The zero-order valence-corrected chi connectivity index (χ0v) is 19.6. The van der Waals surface area contributed by atoms with Gasteiger partial charge in [-0.1, -0.05) is 11.6 Å². The number of nitro benzene ring substituents is 1. The first-order chi connectivity index (χ1) is 15.1. The summed E-state index contributed by atoms with van der Waals surface area (Å²) in [5, 5.41) is 13.3. The zero-order valence-electron chi connectivity index (χ0n) is 18.0. The number of benzene rings is 1. The molecule has 1 saturated heterocycles. The van der Waals surface area contributed by atoms with Crippen molar-refractivity contribution < 1.29 is 28.8 Å². The van der Waals surface area contributed by atoms with E-state index in [0.29, 0.717) is 18.8 Å². The van der Waals surface area contributed by atoms with Crippen molar-refractivity contribution in [3.05, 3.63) is 38.9 Å². The fraction of sp³-hybridized carbons (Fsp3) is 0.550. The highest BCUT2D eigenvalue weighted by Crippen LogP contribution is 2.22. The van der Waals surface area contributed by atoms with Gasteiger partial charge < -0.3 is 19.7 Å². The van der Waals surface area contributed by atoms with E-state index in [4.69, 9.17) is 21.1 Å². The van der Waals surface area contributed by atoms with E-state index in [9.17, 15) is 24.5 Å². The van der Waals surface area contributed by atoms with Crippen molar-refractivity contribution in [1.82, 2.24) is 10.2 Å². The van der Waals surface area contributed by atoms with Gasteiger partial charge in [0, 0.05) is 25.2 Å². The minimum atomic E-state index is -1.00. The normalized spacial score (nSPS) is 19.2. The molecule has 2 amide bonds. The number of morpholine rings is 1. The molecule has 176 valence electrons. The fourth-order valence-corrected chi connectivity index (χ4v) is 3.96. The molecular formula is C20H26ClN3O7S. The highest BCUT2D eigenvalue weighted by molar-refractivity contribution is 7.98. The van der Waals surface area contributed by atoms with Gasteiger partial charge in [0.05, 0.1) is 27.7 Å². The lowest BCUT2D eigenvalue weighted by atomic mass is 10.1. The van der Waals surface area contributed by atoms with Crippen molar-refractivity contribution in [3.63, 3.8) is 0 Å². The van der Waals surface area contributed by atoms with Gasteiger partial charge in [0.25, 0.3) is 17.5 Å². The first-order valence-electron chi connectivity index (χ1n) is 9.96. The minimum Gasteiger partial charge on any atom is -0.454 e. The van der Waals surface area contributed by atoms with E-state index >= 15 is 0 Å². The largest absolute Gasteiger partial charge is 0.454 e. The summed E-state index contributed by atoms with van der Waals surface area (Å²) >= 11 is 7.48. The van der Waals surface area contributed by atoms with Gasteiger partial charge in [-0.05, 0) is 38.3 Å². The predicted octanol–water partition coefficient (Wildman–Crippen LogP) is 2.28. The Morgan fingerprint density at radius 3 is 2.56 bits per heavy atom. The number of ether oxygens (including phenoxy) is 2. The number of nitro groups is 1. The third-order valence-electron chi connectivity index (χ3n) is 4.72. The number of nitrogens with one attached hydrogen (secondary N) is 1. The molecule has 0 spiro atoms. The van der Waals surface area contributed by atoms with E-state index in [2.05, 4.69) is 5.32 Å². The van der Waals surface area contributed by atoms with E-state index in [1.54, 1.807) is 4.90 Å². The van der Waals surface area contributed by atoms with Crippen LogP contribution in [0.1, 0.15) is 30.6 Å². The molecule has 1 fully saturated rings. The summed E-state index contributed by atoms with van der Waals surface area (Å²) in [6.45, 7) is 4.10. The van der Waals surface area contributed by atoms with Crippen molar-refractivity contribution in [1.29, 1.82) is 0 Å². The van der Waals surface area contributed by atoms with Crippen LogP contribution >= 0.6 is 23.4 Å². The highest BCUT2D eigenvalue weighted by Gasteiger charge is 2.28. The Morgan fingerprint density at radius 2 is 2.00 bits per heavy atom. The lowest BCUT2D eigenvalue weighted by Gasteiger charge is -2.35. The van der Waals surface area contributed by atoms with Crippen LogP contribution < -0.4 is 5.32 Å². The van der Waals surface area contributed by atoms with E-state index in [-0.39, 0.29) is 40.8 Å². The van der Waals surface area contributed by atoms with Crippen LogP contribution in [0.15, 0.2) is 18.2 Å². The summed E-state index contributed by atoms with van der Waals surface area (Å²) in [5.74, 6) is -1.20. The number of halogens is 1. The first kappa shape index (κ1) is 25.9. The Morgan fingerprint density at radius 1 is 1.34 bits per heavy atom. The van der Waals surface area contributed by atoms with Gasteiger partial charge >= 0.3 is 5.97 Å². The molecule has 0 saturated carbocycles. The smallest absolute Gasteiger partial charge is 0.329 e. The van der Waals surface area contributed by atoms with Crippen LogP contribution in [0.3, 0.4) is 0 Å². The van der Waals surface area contributed by atoms with E-state index in [0.717, 1.165) is 12.1 Å². The zero-order chi connectivity index (χ0) is 23.8. The lowest BCUT2D eigenvalue weighted by molar-refractivity contribution is -0.384. The number of esters is 1. The first-order valence-corrected chi connectivity index (χ1v) is 11.7. The summed E-state index contributed by atoms with van der Waals surface area (Å²) in [5.41, 5.74) is -0.262. The molecule has 12 heteroatoms. The van der Waals surface area contributed by atoms with Gasteiger partial charge in [0.1, 0.15) is 6.04 Å². The molecule has 2 rings (SSSR count). The van der Waals surface area contributed by atoms with Crippen LogP contribution in [0, 0.1) is 10.1 Å². The minimum absolute atomic E-state index is 0.00779. The van der Waals surface area contributed by atoms with Gasteiger partial charge in [-0.25, -0.2) is 4.79 Å². The van der Waals surface area contributed by atoms with Crippen LogP contribution in [-0.4, -0.2) is 77.6 Å². The van der Waals surface area contributed by atoms with Crippen LogP contribution in [0.5, 0.6) is 0 Å². The Kier molecular flexibility index (Phi) is 9.73. The number of rotatable bonds is 9. The number of carbonyl (C=O) groups is 3. The number of hydrogen-bond donors (Lipinski definition) is 1. The second-order valence-electron chi connectivity index (χ2n) is 7.39. The van der Waals surface area contributed by atoms with E-state index < -0.39 is 29.4 Å². The molecule has 0 bridgehead atoms. The van der Waals surface area contributed by atoms with E-state index in [1.807, 2.05) is 20.1 Å². The Labute approximate surface area is 195 Å². The molecule has 10 nitrogen and oxygen atoms in total. The Balaban J connectivity index is 2.00.